The van der Waals surface area contributed by atoms with Gasteiger partial charge >= 0.3 is 5.97 Å². The van der Waals surface area contributed by atoms with E-state index in [0.29, 0.717) is 19.6 Å². The van der Waals surface area contributed by atoms with E-state index in [9.17, 15) is 13.2 Å². The van der Waals surface area contributed by atoms with E-state index < -0.39 is 16.0 Å². The molecule has 116 valence electrons. The summed E-state index contributed by atoms with van der Waals surface area (Å²) in [5, 5.41) is 9.01. The van der Waals surface area contributed by atoms with Crippen LogP contribution in [0, 0.1) is 0 Å². The van der Waals surface area contributed by atoms with E-state index in [4.69, 9.17) is 9.84 Å². The van der Waals surface area contributed by atoms with Crippen LogP contribution in [0.2, 0.25) is 0 Å². The van der Waals surface area contributed by atoms with Crippen LogP contribution in [0.4, 0.5) is 0 Å². The minimum Gasteiger partial charge on any atom is -0.478 e. The Balaban J connectivity index is 2.14. The van der Waals surface area contributed by atoms with Crippen LogP contribution in [0.15, 0.2) is 18.2 Å². The van der Waals surface area contributed by atoms with Crippen LogP contribution < -0.4 is 0 Å². The molecule has 1 aromatic rings. The lowest BCUT2D eigenvalue weighted by molar-refractivity contribution is 0.0696. The number of carboxylic acid groups (broad SMARTS) is 1. The standard InChI is InChI=1S/C14H19NO5S/c1-2-20-7-8-21(18,19)15-6-5-11-3-4-12(14(16)17)9-13(11)10-15/h3-4,9H,2,5-8,10H2,1H3,(H,16,17). The number of hydrogen-bond acceptors (Lipinski definition) is 4. The molecule has 0 saturated heterocycles. The van der Waals surface area contributed by atoms with E-state index in [1.54, 1.807) is 18.2 Å². The van der Waals surface area contributed by atoms with Crippen LogP contribution >= 0.6 is 0 Å². The second-order valence-electron chi connectivity index (χ2n) is 4.89. The fourth-order valence-electron chi connectivity index (χ4n) is 2.34. The first-order chi connectivity index (χ1) is 9.94. The van der Waals surface area contributed by atoms with Crippen LogP contribution in [0.1, 0.15) is 28.4 Å². The first kappa shape index (κ1) is 15.9. The van der Waals surface area contributed by atoms with E-state index in [-0.39, 0.29) is 24.5 Å². The van der Waals surface area contributed by atoms with Crippen LogP contribution in [0.3, 0.4) is 0 Å². The van der Waals surface area contributed by atoms with Gasteiger partial charge < -0.3 is 9.84 Å². The minimum absolute atomic E-state index is 0.0468. The maximum Gasteiger partial charge on any atom is 0.335 e. The highest BCUT2D eigenvalue weighted by molar-refractivity contribution is 7.89. The Kier molecular flexibility index (Phi) is 4.97. The van der Waals surface area contributed by atoms with E-state index >= 15 is 0 Å². The van der Waals surface area contributed by atoms with Gasteiger partial charge in [0, 0.05) is 19.7 Å². The number of fused-ring (bicyclic) bond motifs is 1. The van der Waals surface area contributed by atoms with Crippen molar-refractivity contribution in [2.75, 3.05) is 25.5 Å². The van der Waals surface area contributed by atoms with Gasteiger partial charge in [-0.15, -0.1) is 0 Å². The van der Waals surface area contributed by atoms with Gasteiger partial charge in [0.25, 0.3) is 0 Å². The Morgan fingerprint density at radius 3 is 2.81 bits per heavy atom. The first-order valence-corrected chi connectivity index (χ1v) is 8.45. The predicted molar refractivity (Wildman–Crippen MR) is 77.8 cm³/mol. The van der Waals surface area contributed by atoms with Crippen LogP contribution in [0.25, 0.3) is 0 Å². The van der Waals surface area contributed by atoms with Crippen molar-refractivity contribution in [3.05, 3.63) is 34.9 Å². The quantitative estimate of drug-likeness (QED) is 0.795. The Labute approximate surface area is 124 Å². The summed E-state index contributed by atoms with van der Waals surface area (Å²) < 4.78 is 30.9. The van der Waals surface area contributed by atoms with Gasteiger partial charge in [-0.25, -0.2) is 13.2 Å². The normalized spacial score (nSPS) is 15.7. The van der Waals surface area contributed by atoms with Crippen LogP contribution in [0.5, 0.6) is 0 Å². The molecule has 2 rings (SSSR count). The highest BCUT2D eigenvalue weighted by Gasteiger charge is 2.26. The fourth-order valence-corrected chi connectivity index (χ4v) is 3.63. The second-order valence-corrected chi connectivity index (χ2v) is 6.97. The van der Waals surface area contributed by atoms with Crippen molar-refractivity contribution in [1.82, 2.24) is 4.31 Å². The second kappa shape index (κ2) is 6.55. The highest BCUT2D eigenvalue weighted by atomic mass is 32.2. The average molecular weight is 313 g/mol. The minimum atomic E-state index is -3.37. The summed E-state index contributed by atoms with van der Waals surface area (Å²) in [6, 6.07) is 4.88. The third-order valence-electron chi connectivity index (χ3n) is 3.51. The number of nitrogens with zero attached hydrogens (tertiary/aromatic N) is 1. The van der Waals surface area contributed by atoms with Gasteiger partial charge in [0.15, 0.2) is 0 Å². The van der Waals surface area contributed by atoms with Crippen molar-refractivity contribution in [2.24, 2.45) is 0 Å². The summed E-state index contributed by atoms with van der Waals surface area (Å²) in [5.74, 6) is -1.05. The zero-order chi connectivity index (χ0) is 15.5. The lowest BCUT2D eigenvalue weighted by atomic mass is 9.99. The first-order valence-electron chi connectivity index (χ1n) is 6.84. The molecule has 0 saturated carbocycles. The third-order valence-corrected chi connectivity index (χ3v) is 5.29. The van der Waals surface area contributed by atoms with Gasteiger partial charge in [0.05, 0.1) is 17.9 Å². The molecule has 0 bridgehead atoms. The number of benzene rings is 1. The fraction of sp³-hybridized carbons (Fsp3) is 0.500. The Morgan fingerprint density at radius 2 is 2.14 bits per heavy atom. The Morgan fingerprint density at radius 1 is 1.38 bits per heavy atom. The van der Waals surface area contributed by atoms with Crippen molar-refractivity contribution >= 4 is 16.0 Å². The van der Waals surface area contributed by atoms with E-state index in [0.717, 1.165) is 11.1 Å². The smallest absolute Gasteiger partial charge is 0.335 e. The van der Waals surface area contributed by atoms with Gasteiger partial charge in [0.1, 0.15) is 0 Å². The summed E-state index contributed by atoms with van der Waals surface area (Å²) in [5.41, 5.74) is 1.96. The van der Waals surface area contributed by atoms with Crippen molar-refractivity contribution in [3.8, 4) is 0 Å². The predicted octanol–water partition coefficient (Wildman–Crippen LogP) is 1.11. The molecule has 0 radical (unpaired) electrons. The summed E-state index contributed by atoms with van der Waals surface area (Å²) in [4.78, 5) is 11.0. The highest BCUT2D eigenvalue weighted by Crippen LogP contribution is 2.22. The molecule has 1 N–H and O–H groups in total. The van der Waals surface area contributed by atoms with Crippen molar-refractivity contribution in [1.29, 1.82) is 0 Å². The van der Waals surface area contributed by atoms with Gasteiger partial charge in [-0.2, -0.15) is 4.31 Å². The van der Waals surface area contributed by atoms with Gasteiger partial charge in [-0.1, -0.05) is 6.07 Å². The molecule has 0 unspecified atom stereocenters. The van der Waals surface area contributed by atoms with E-state index in [1.165, 1.54) is 4.31 Å². The van der Waals surface area contributed by atoms with Crippen LogP contribution in [-0.4, -0.2) is 49.3 Å². The largest absolute Gasteiger partial charge is 0.478 e. The number of carboxylic acids is 1. The van der Waals surface area contributed by atoms with Gasteiger partial charge in [-0.3, -0.25) is 0 Å². The molecule has 0 aromatic heterocycles. The maximum atomic E-state index is 12.2. The molecule has 1 aliphatic rings. The molecule has 0 aliphatic carbocycles. The topological polar surface area (TPSA) is 83.9 Å². The zero-order valence-electron chi connectivity index (χ0n) is 11.9. The Hall–Kier alpha value is -1.44. The molecule has 0 spiro atoms. The molecule has 7 heteroatoms. The number of sulfonamides is 1. The van der Waals surface area contributed by atoms with Crippen LogP contribution in [-0.2, 0) is 27.7 Å². The zero-order valence-corrected chi connectivity index (χ0v) is 12.7. The van der Waals surface area contributed by atoms with E-state index in [2.05, 4.69) is 0 Å². The third kappa shape index (κ3) is 3.81. The molecule has 0 fully saturated rings. The molecule has 1 heterocycles. The van der Waals surface area contributed by atoms with Crippen molar-refractivity contribution < 1.29 is 23.1 Å². The molecule has 1 aromatic carbocycles. The van der Waals surface area contributed by atoms with Crippen molar-refractivity contribution in [2.45, 2.75) is 19.9 Å². The maximum absolute atomic E-state index is 12.2. The lowest BCUT2D eigenvalue weighted by Gasteiger charge is -2.28. The number of carbonyl (C=O) groups is 1. The number of aromatic carboxylic acids is 1. The summed E-state index contributed by atoms with van der Waals surface area (Å²) in [6.07, 6.45) is 0.600. The number of ether oxygens (including phenoxy) is 1. The van der Waals surface area contributed by atoms with Gasteiger partial charge in [-0.05, 0) is 36.6 Å². The number of hydrogen-bond donors (Lipinski definition) is 1. The number of rotatable bonds is 6. The SMILES string of the molecule is CCOCCS(=O)(=O)N1CCc2ccc(C(=O)O)cc2C1. The molecule has 0 amide bonds. The Bertz CT molecular complexity index is 626. The van der Waals surface area contributed by atoms with E-state index in [1.807, 2.05) is 6.92 Å². The lowest BCUT2D eigenvalue weighted by Crippen LogP contribution is -2.38. The molecule has 6 nitrogen and oxygen atoms in total. The van der Waals surface area contributed by atoms with Gasteiger partial charge in [0.2, 0.25) is 10.0 Å². The summed E-state index contributed by atoms with van der Waals surface area (Å²) >= 11 is 0. The molecule has 1 aliphatic heterocycles. The summed E-state index contributed by atoms with van der Waals surface area (Å²) in [6.45, 7) is 3.13. The summed E-state index contributed by atoms with van der Waals surface area (Å²) in [7, 11) is -3.37. The molecule has 21 heavy (non-hydrogen) atoms. The molecular weight excluding hydrogens is 294 g/mol. The monoisotopic (exact) mass is 313 g/mol. The molecule has 0 atom stereocenters. The van der Waals surface area contributed by atoms with Crippen molar-refractivity contribution in [3.63, 3.8) is 0 Å². The average Bonchev–Trinajstić information content (AvgIpc) is 2.46. The molecular formula is C14H19NO5S.